The molecule has 2 N–H and O–H groups in total. The van der Waals surface area contributed by atoms with Crippen molar-refractivity contribution in [3.05, 3.63) is 23.2 Å². The molecule has 114 valence electrons. The highest BCUT2D eigenvalue weighted by Crippen LogP contribution is 2.24. The number of imidazole rings is 1. The van der Waals surface area contributed by atoms with Crippen LogP contribution in [0.3, 0.4) is 0 Å². The first-order valence-electron chi connectivity index (χ1n) is 7.12. The Morgan fingerprint density at radius 1 is 1.41 bits per heavy atom. The number of hydrogen-bond acceptors (Lipinski definition) is 7. The fraction of sp³-hybridized carbons (Fsp3) is 0.357. The average molecular weight is 316 g/mol. The Bertz CT molecular complexity index is 799. The van der Waals surface area contributed by atoms with Gasteiger partial charge in [0, 0.05) is 18.5 Å². The summed E-state index contributed by atoms with van der Waals surface area (Å²) in [6.45, 7) is 4.25. The third-order valence-electron chi connectivity index (χ3n) is 3.72. The van der Waals surface area contributed by atoms with E-state index in [0.29, 0.717) is 23.9 Å². The number of ether oxygens (including phenoxy) is 1. The molecule has 7 nitrogen and oxygen atoms in total. The number of anilines is 2. The van der Waals surface area contributed by atoms with Gasteiger partial charge in [-0.05, 0) is 18.4 Å². The molecule has 0 bridgehead atoms. The highest BCUT2D eigenvalue weighted by molar-refractivity contribution is 7.08. The highest BCUT2D eigenvalue weighted by atomic mass is 32.1. The molecule has 0 aromatic carbocycles. The van der Waals surface area contributed by atoms with Crippen LogP contribution in [0.15, 0.2) is 23.2 Å². The van der Waals surface area contributed by atoms with Crippen molar-refractivity contribution in [3.8, 4) is 5.69 Å². The van der Waals surface area contributed by atoms with Crippen molar-refractivity contribution in [1.82, 2.24) is 19.5 Å². The van der Waals surface area contributed by atoms with E-state index in [-0.39, 0.29) is 6.10 Å². The predicted molar refractivity (Wildman–Crippen MR) is 86.6 cm³/mol. The van der Waals surface area contributed by atoms with Crippen molar-refractivity contribution >= 4 is 34.3 Å². The third-order valence-corrected chi connectivity index (χ3v) is 4.39. The smallest absolute Gasteiger partial charge is 0.229 e. The molecule has 22 heavy (non-hydrogen) atoms. The van der Waals surface area contributed by atoms with Crippen LogP contribution >= 0.6 is 11.3 Å². The lowest BCUT2D eigenvalue weighted by atomic mass is 10.3. The van der Waals surface area contributed by atoms with Crippen LogP contribution in [0.2, 0.25) is 0 Å². The molecular weight excluding hydrogens is 300 g/mol. The average Bonchev–Trinajstić information content (AvgIpc) is 3.15. The molecule has 1 saturated heterocycles. The minimum atomic E-state index is 0.163. The van der Waals surface area contributed by atoms with Crippen molar-refractivity contribution in [3.63, 3.8) is 0 Å². The van der Waals surface area contributed by atoms with E-state index in [0.717, 1.165) is 24.4 Å². The van der Waals surface area contributed by atoms with Crippen LogP contribution < -0.4 is 10.6 Å². The second-order valence-corrected chi connectivity index (χ2v) is 6.08. The van der Waals surface area contributed by atoms with Gasteiger partial charge in [-0.1, -0.05) is 0 Å². The van der Waals surface area contributed by atoms with Gasteiger partial charge >= 0.3 is 0 Å². The lowest BCUT2D eigenvalue weighted by molar-refractivity contribution is 0.0526. The maximum atomic E-state index is 6.08. The number of fused-ring (bicyclic) bond motifs is 1. The minimum Gasteiger partial charge on any atom is -0.382 e. The second-order valence-electron chi connectivity index (χ2n) is 5.30. The molecule has 0 aliphatic carbocycles. The van der Waals surface area contributed by atoms with Crippen molar-refractivity contribution < 1.29 is 4.74 Å². The Labute approximate surface area is 131 Å². The van der Waals surface area contributed by atoms with Crippen LogP contribution in [0.5, 0.6) is 0 Å². The van der Waals surface area contributed by atoms with Gasteiger partial charge in [0.1, 0.15) is 6.33 Å². The summed E-state index contributed by atoms with van der Waals surface area (Å²) in [5.74, 6) is 1.05. The molecule has 1 aliphatic rings. The van der Waals surface area contributed by atoms with E-state index in [1.165, 1.54) is 0 Å². The van der Waals surface area contributed by atoms with Crippen molar-refractivity contribution in [1.29, 1.82) is 0 Å². The fourth-order valence-corrected chi connectivity index (χ4v) is 3.26. The molecule has 3 aromatic rings. The summed E-state index contributed by atoms with van der Waals surface area (Å²) in [6.07, 6.45) is 1.90. The van der Waals surface area contributed by atoms with E-state index in [9.17, 15) is 0 Å². The minimum absolute atomic E-state index is 0.163. The number of rotatable bonds is 2. The summed E-state index contributed by atoms with van der Waals surface area (Å²) in [4.78, 5) is 15.6. The number of nitrogens with two attached hydrogens (primary N) is 1. The van der Waals surface area contributed by atoms with Crippen LogP contribution in [0.4, 0.5) is 11.8 Å². The van der Waals surface area contributed by atoms with Crippen LogP contribution in [0, 0.1) is 0 Å². The first kappa shape index (κ1) is 13.5. The Balaban J connectivity index is 1.82. The van der Waals surface area contributed by atoms with Gasteiger partial charge in [0.25, 0.3) is 0 Å². The van der Waals surface area contributed by atoms with E-state index in [1.807, 2.05) is 22.9 Å². The van der Waals surface area contributed by atoms with E-state index in [1.54, 1.807) is 17.7 Å². The maximum Gasteiger partial charge on any atom is 0.229 e. The molecule has 1 aliphatic heterocycles. The standard InChI is InChI=1S/C14H16N6OS/c1-9-6-19(3-4-21-9)14-17-12(15)11-13(18-14)20(8-16-11)10-2-5-22-7-10/h2,5,7-9H,3-4,6H2,1H3,(H2,15,17,18). The monoisotopic (exact) mass is 316 g/mol. The first-order valence-corrected chi connectivity index (χ1v) is 8.06. The molecular formula is C14H16N6OS. The summed E-state index contributed by atoms with van der Waals surface area (Å²) in [6, 6.07) is 2.03. The number of morpholine rings is 1. The summed E-state index contributed by atoms with van der Waals surface area (Å²) >= 11 is 1.63. The van der Waals surface area contributed by atoms with Gasteiger partial charge in [-0.3, -0.25) is 4.57 Å². The molecule has 0 amide bonds. The molecule has 4 rings (SSSR count). The Morgan fingerprint density at radius 2 is 2.32 bits per heavy atom. The number of nitrogen functional groups attached to an aromatic ring is 1. The molecule has 8 heteroatoms. The number of nitrogens with zero attached hydrogens (tertiary/aromatic N) is 5. The topological polar surface area (TPSA) is 82.1 Å². The highest BCUT2D eigenvalue weighted by Gasteiger charge is 2.21. The van der Waals surface area contributed by atoms with Crippen LogP contribution in [-0.4, -0.2) is 45.3 Å². The quantitative estimate of drug-likeness (QED) is 0.774. The van der Waals surface area contributed by atoms with Crippen molar-refractivity contribution in [2.75, 3.05) is 30.3 Å². The SMILES string of the molecule is CC1CN(c2nc(N)c3ncn(-c4ccsc4)c3n2)CCO1. The molecule has 1 fully saturated rings. The molecule has 0 saturated carbocycles. The Hall–Kier alpha value is -2.19. The van der Waals surface area contributed by atoms with Crippen LogP contribution in [-0.2, 0) is 4.74 Å². The molecule has 1 unspecified atom stereocenters. The molecule has 0 radical (unpaired) electrons. The van der Waals surface area contributed by atoms with Gasteiger partial charge in [-0.15, -0.1) is 0 Å². The molecule has 1 atom stereocenters. The van der Waals surface area contributed by atoms with Gasteiger partial charge in [0.05, 0.1) is 18.4 Å². The second kappa shape index (κ2) is 5.22. The maximum absolute atomic E-state index is 6.08. The van der Waals surface area contributed by atoms with Crippen molar-refractivity contribution in [2.24, 2.45) is 0 Å². The Kier molecular flexibility index (Phi) is 3.20. The van der Waals surface area contributed by atoms with Crippen molar-refractivity contribution in [2.45, 2.75) is 13.0 Å². The van der Waals surface area contributed by atoms with Gasteiger partial charge in [-0.2, -0.15) is 21.3 Å². The predicted octanol–water partition coefficient (Wildman–Crippen LogP) is 1.68. The first-order chi connectivity index (χ1) is 10.7. The number of thiophene rings is 1. The zero-order chi connectivity index (χ0) is 15.1. The zero-order valence-electron chi connectivity index (χ0n) is 12.1. The lowest BCUT2D eigenvalue weighted by Gasteiger charge is -2.31. The zero-order valence-corrected chi connectivity index (χ0v) is 13.0. The van der Waals surface area contributed by atoms with E-state index in [4.69, 9.17) is 15.5 Å². The number of hydrogen-bond donors (Lipinski definition) is 1. The normalized spacial score (nSPS) is 19.0. The fourth-order valence-electron chi connectivity index (χ4n) is 2.63. The Morgan fingerprint density at radius 3 is 3.09 bits per heavy atom. The van der Waals surface area contributed by atoms with E-state index < -0.39 is 0 Å². The van der Waals surface area contributed by atoms with E-state index >= 15 is 0 Å². The molecule has 3 aromatic heterocycles. The summed E-state index contributed by atoms with van der Waals surface area (Å²) in [5.41, 5.74) is 8.49. The third kappa shape index (κ3) is 2.20. The largest absolute Gasteiger partial charge is 0.382 e. The lowest BCUT2D eigenvalue weighted by Crippen LogP contribution is -2.42. The summed E-state index contributed by atoms with van der Waals surface area (Å²) < 4.78 is 7.51. The van der Waals surface area contributed by atoms with Gasteiger partial charge in [0.15, 0.2) is 17.0 Å². The van der Waals surface area contributed by atoms with Crippen LogP contribution in [0.1, 0.15) is 6.92 Å². The van der Waals surface area contributed by atoms with Gasteiger partial charge in [-0.25, -0.2) is 4.98 Å². The summed E-state index contributed by atoms with van der Waals surface area (Å²) in [7, 11) is 0. The van der Waals surface area contributed by atoms with Crippen LogP contribution in [0.25, 0.3) is 16.9 Å². The van der Waals surface area contributed by atoms with Gasteiger partial charge in [0.2, 0.25) is 5.95 Å². The molecule has 0 spiro atoms. The molecule has 4 heterocycles. The number of aromatic nitrogens is 4. The van der Waals surface area contributed by atoms with E-state index in [2.05, 4.69) is 20.2 Å². The summed E-state index contributed by atoms with van der Waals surface area (Å²) in [5, 5.41) is 4.08. The van der Waals surface area contributed by atoms with Gasteiger partial charge < -0.3 is 15.4 Å².